The van der Waals surface area contributed by atoms with E-state index in [1.54, 1.807) is 4.90 Å². The summed E-state index contributed by atoms with van der Waals surface area (Å²) in [5.74, 6) is -0.818. The minimum atomic E-state index is -0.708. The Hall–Kier alpha value is -3.55. The van der Waals surface area contributed by atoms with Crippen molar-refractivity contribution < 1.29 is 19.1 Å². The maximum absolute atomic E-state index is 13.5. The largest absolute Gasteiger partial charge is 0.449 e. The first-order chi connectivity index (χ1) is 18.0. The molecule has 5 rings (SSSR count). The zero-order valence-corrected chi connectivity index (χ0v) is 21.5. The second-order valence-electron chi connectivity index (χ2n) is 8.86. The van der Waals surface area contributed by atoms with Crippen molar-refractivity contribution >= 4 is 41.1 Å². The Labute approximate surface area is 224 Å². The first-order valence-electron chi connectivity index (χ1n) is 11.9. The molecule has 1 fully saturated rings. The fourth-order valence-electron chi connectivity index (χ4n) is 4.48. The summed E-state index contributed by atoms with van der Waals surface area (Å²) < 4.78 is 6.06. The maximum atomic E-state index is 13.5. The van der Waals surface area contributed by atoms with Crippen LogP contribution in [-0.4, -0.2) is 46.5 Å². The molecule has 2 atom stereocenters. The molecule has 1 saturated heterocycles. The van der Waals surface area contributed by atoms with Gasteiger partial charge < -0.3 is 15.0 Å². The van der Waals surface area contributed by atoms with E-state index in [2.05, 4.69) is 5.32 Å². The number of esters is 1. The number of nitrogens with one attached hydrogen (secondary N) is 1. The number of amides is 2. The Morgan fingerprint density at radius 3 is 2.08 bits per heavy atom. The molecule has 2 heterocycles. The molecular weight excluding hydrogens is 508 g/mol. The quantitative estimate of drug-likeness (QED) is 0.263. The van der Waals surface area contributed by atoms with Gasteiger partial charge in [-0.1, -0.05) is 103 Å². The average molecular weight is 533 g/mol. The molecule has 0 saturated carbocycles. The standard InChI is InChI=1S/C29H25ClN2O4S/c30-17-22-18-32-27(34)24(31-23(33)16-19-10-4-1-5-11-19)28(32)37-26(22)29(35)36-25(20-12-6-2-7-13-20)21-14-8-3-9-15-21/h1-15,24-25,28H,16-18H2,(H,31,33)/t24?,28-/m0/s1. The number of halogens is 1. The van der Waals surface area contributed by atoms with E-state index < -0.39 is 23.5 Å². The molecule has 6 nitrogen and oxygen atoms in total. The predicted octanol–water partition coefficient (Wildman–Crippen LogP) is 4.45. The zero-order chi connectivity index (χ0) is 25.8. The van der Waals surface area contributed by atoms with Gasteiger partial charge in [0.05, 0.1) is 11.3 Å². The van der Waals surface area contributed by atoms with Gasteiger partial charge in [0.15, 0.2) is 6.10 Å². The maximum Gasteiger partial charge on any atom is 0.345 e. The number of hydrogen-bond donors (Lipinski definition) is 1. The fraction of sp³-hybridized carbons (Fsp3) is 0.207. The number of benzene rings is 3. The number of nitrogens with zero attached hydrogens (tertiary/aromatic N) is 1. The number of alkyl halides is 1. The van der Waals surface area contributed by atoms with E-state index in [1.807, 2.05) is 91.0 Å². The highest BCUT2D eigenvalue weighted by Gasteiger charge is 2.52. The van der Waals surface area contributed by atoms with Crippen LogP contribution in [0.1, 0.15) is 22.8 Å². The summed E-state index contributed by atoms with van der Waals surface area (Å²) in [6.45, 7) is 0.233. The molecule has 0 aliphatic carbocycles. The third-order valence-electron chi connectivity index (χ3n) is 6.36. The van der Waals surface area contributed by atoms with Gasteiger partial charge in [-0.05, 0) is 22.3 Å². The Morgan fingerprint density at radius 2 is 1.51 bits per heavy atom. The van der Waals surface area contributed by atoms with Crippen LogP contribution in [0.3, 0.4) is 0 Å². The summed E-state index contributed by atoms with van der Waals surface area (Å²) in [6.07, 6.45) is -0.419. The number of rotatable bonds is 8. The minimum absolute atomic E-state index is 0.0975. The van der Waals surface area contributed by atoms with Gasteiger partial charge in [0.25, 0.3) is 0 Å². The van der Waals surface area contributed by atoms with Gasteiger partial charge in [-0.3, -0.25) is 9.59 Å². The van der Waals surface area contributed by atoms with Crippen LogP contribution in [0.4, 0.5) is 0 Å². The number of ether oxygens (including phenoxy) is 1. The van der Waals surface area contributed by atoms with E-state index in [-0.39, 0.29) is 30.7 Å². The monoisotopic (exact) mass is 532 g/mol. The van der Waals surface area contributed by atoms with Gasteiger partial charge in [-0.15, -0.1) is 11.6 Å². The highest BCUT2D eigenvalue weighted by molar-refractivity contribution is 8.04. The molecule has 37 heavy (non-hydrogen) atoms. The SMILES string of the molecule is O=C(Cc1ccccc1)NC1C(=O)N2CC(CCl)=C(C(=O)OC(c3ccccc3)c3ccccc3)S[C@@H]12. The van der Waals surface area contributed by atoms with Crippen LogP contribution in [0.15, 0.2) is 101 Å². The lowest BCUT2D eigenvalue weighted by Gasteiger charge is -2.49. The van der Waals surface area contributed by atoms with Crippen molar-refractivity contribution in [3.05, 3.63) is 118 Å². The van der Waals surface area contributed by atoms with Crippen molar-refractivity contribution in [2.75, 3.05) is 12.4 Å². The first-order valence-corrected chi connectivity index (χ1v) is 13.4. The molecule has 0 aromatic heterocycles. The van der Waals surface area contributed by atoms with Crippen LogP contribution in [0.2, 0.25) is 0 Å². The molecule has 1 N–H and O–H groups in total. The van der Waals surface area contributed by atoms with E-state index in [0.717, 1.165) is 16.7 Å². The molecule has 0 bridgehead atoms. The number of hydrogen-bond acceptors (Lipinski definition) is 5. The lowest BCUT2D eigenvalue weighted by Crippen LogP contribution is -2.70. The predicted molar refractivity (Wildman–Crippen MR) is 144 cm³/mol. The summed E-state index contributed by atoms with van der Waals surface area (Å²) in [5.41, 5.74) is 3.20. The van der Waals surface area contributed by atoms with Crippen molar-refractivity contribution in [1.29, 1.82) is 0 Å². The Kier molecular flexibility index (Phi) is 7.63. The number of thioether (sulfide) groups is 1. The molecule has 2 amide bonds. The zero-order valence-electron chi connectivity index (χ0n) is 19.9. The molecule has 3 aromatic carbocycles. The topological polar surface area (TPSA) is 75.7 Å². The summed E-state index contributed by atoms with van der Waals surface area (Å²) in [5, 5.41) is 2.45. The second-order valence-corrected chi connectivity index (χ2v) is 10.2. The third kappa shape index (κ3) is 5.43. The Bertz CT molecular complexity index is 1280. The van der Waals surface area contributed by atoms with Crippen LogP contribution in [-0.2, 0) is 25.5 Å². The third-order valence-corrected chi connectivity index (χ3v) is 8.14. The number of fused-ring (bicyclic) bond motifs is 1. The average Bonchev–Trinajstić information content (AvgIpc) is 2.95. The van der Waals surface area contributed by atoms with Gasteiger partial charge in [0, 0.05) is 12.4 Å². The van der Waals surface area contributed by atoms with Gasteiger partial charge >= 0.3 is 5.97 Å². The first kappa shape index (κ1) is 25.1. The summed E-state index contributed by atoms with van der Waals surface area (Å²) in [7, 11) is 0. The van der Waals surface area contributed by atoms with Gasteiger partial charge in [0.1, 0.15) is 11.4 Å². The summed E-state index contributed by atoms with van der Waals surface area (Å²) in [6, 6.07) is 27.7. The molecular formula is C29H25ClN2O4S. The summed E-state index contributed by atoms with van der Waals surface area (Å²) >= 11 is 7.42. The van der Waals surface area contributed by atoms with Gasteiger partial charge in [-0.2, -0.15) is 0 Å². The van der Waals surface area contributed by atoms with Crippen LogP contribution in [0.5, 0.6) is 0 Å². The minimum Gasteiger partial charge on any atom is -0.449 e. The summed E-state index contributed by atoms with van der Waals surface area (Å²) in [4.78, 5) is 40.9. The molecule has 8 heteroatoms. The van der Waals surface area contributed by atoms with Crippen LogP contribution < -0.4 is 5.32 Å². The molecule has 1 unspecified atom stereocenters. The number of carbonyl (C=O) groups excluding carboxylic acids is 3. The highest BCUT2D eigenvalue weighted by atomic mass is 35.5. The van der Waals surface area contributed by atoms with Crippen molar-refractivity contribution in [3.63, 3.8) is 0 Å². The van der Waals surface area contributed by atoms with Crippen molar-refractivity contribution in [1.82, 2.24) is 10.2 Å². The van der Waals surface area contributed by atoms with E-state index in [0.29, 0.717) is 10.5 Å². The van der Waals surface area contributed by atoms with Crippen LogP contribution in [0.25, 0.3) is 0 Å². The lowest BCUT2D eigenvalue weighted by molar-refractivity contribution is -0.148. The molecule has 0 radical (unpaired) electrons. The van der Waals surface area contributed by atoms with Crippen LogP contribution in [0, 0.1) is 0 Å². The molecule has 0 spiro atoms. The van der Waals surface area contributed by atoms with Gasteiger partial charge in [0.2, 0.25) is 11.8 Å². The van der Waals surface area contributed by atoms with E-state index in [9.17, 15) is 14.4 Å². The lowest BCUT2D eigenvalue weighted by atomic mass is 10.0. The normalized spacial score (nSPS) is 18.8. The smallest absolute Gasteiger partial charge is 0.345 e. The van der Waals surface area contributed by atoms with E-state index in [1.165, 1.54) is 11.8 Å². The molecule has 188 valence electrons. The Morgan fingerprint density at radius 1 is 0.946 bits per heavy atom. The number of carbonyl (C=O) groups is 3. The van der Waals surface area contributed by atoms with Crippen LogP contribution >= 0.6 is 23.4 Å². The van der Waals surface area contributed by atoms with Crippen molar-refractivity contribution in [3.8, 4) is 0 Å². The molecule has 3 aromatic rings. The van der Waals surface area contributed by atoms with Gasteiger partial charge in [-0.25, -0.2) is 4.79 Å². The van der Waals surface area contributed by atoms with Crippen molar-refractivity contribution in [2.45, 2.75) is 23.9 Å². The fourth-order valence-corrected chi connectivity index (χ4v) is 6.10. The second kappa shape index (κ2) is 11.2. The van der Waals surface area contributed by atoms with Crippen molar-refractivity contribution in [2.24, 2.45) is 0 Å². The van der Waals surface area contributed by atoms with E-state index >= 15 is 0 Å². The number of β-lactam (4-membered cyclic amide) rings is 1. The highest BCUT2D eigenvalue weighted by Crippen LogP contribution is 2.42. The van der Waals surface area contributed by atoms with E-state index in [4.69, 9.17) is 16.3 Å². The molecule has 2 aliphatic heterocycles. The molecule has 2 aliphatic rings. The Balaban J connectivity index is 1.32.